The smallest absolute Gasteiger partial charge is 0.335 e. The van der Waals surface area contributed by atoms with Crippen molar-refractivity contribution in [3.63, 3.8) is 0 Å². The molecule has 1 rings (SSSR count). The van der Waals surface area contributed by atoms with Gasteiger partial charge in [0.25, 0.3) is 0 Å². The molecule has 0 heterocycles. The Morgan fingerprint density at radius 3 is 2.63 bits per heavy atom. The van der Waals surface area contributed by atoms with Crippen molar-refractivity contribution in [1.29, 1.82) is 0 Å². The van der Waals surface area contributed by atoms with Crippen molar-refractivity contribution >= 4 is 29.2 Å². The Hall–Kier alpha value is -1.59. The number of carbonyl (C=O) groups is 2. The average molecular weight is 285 g/mol. The van der Waals surface area contributed by atoms with Crippen molar-refractivity contribution < 1.29 is 14.7 Å². The first-order valence-corrected chi connectivity index (χ1v) is 6.33. The van der Waals surface area contributed by atoms with Crippen molar-refractivity contribution in [2.45, 2.75) is 26.3 Å². The van der Waals surface area contributed by atoms with Gasteiger partial charge in [0.05, 0.1) is 22.3 Å². The maximum atomic E-state index is 11.9. The van der Waals surface area contributed by atoms with E-state index in [1.165, 1.54) is 18.2 Å². The lowest BCUT2D eigenvalue weighted by Crippen LogP contribution is -2.40. The van der Waals surface area contributed by atoms with E-state index in [-0.39, 0.29) is 28.1 Å². The monoisotopic (exact) mass is 284 g/mol. The standard InChI is InChI=1S/C13H17ClN2O3/c1-3-7(2)11(15)12(17)16-10-6-8(13(18)19)4-5-9(10)14/h4-7,11H,3,15H2,1-2H3,(H,16,17)(H,18,19)/t7?,11-/m0/s1. The molecule has 0 saturated carbocycles. The van der Waals surface area contributed by atoms with Gasteiger partial charge in [-0.1, -0.05) is 31.9 Å². The van der Waals surface area contributed by atoms with Crippen molar-refractivity contribution in [2.75, 3.05) is 5.32 Å². The molecule has 5 nitrogen and oxygen atoms in total. The quantitative estimate of drug-likeness (QED) is 0.774. The summed E-state index contributed by atoms with van der Waals surface area (Å²) in [7, 11) is 0. The maximum Gasteiger partial charge on any atom is 0.335 e. The zero-order chi connectivity index (χ0) is 14.6. The molecule has 0 aliphatic heterocycles. The lowest BCUT2D eigenvalue weighted by molar-refractivity contribution is -0.118. The predicted octanol–water partition coefficient (Wildman–Crippen LogP) is 2.35. The Balaban J connectivity index is 2.90. The van der Waals surface area contributed by atoms with Gasteiger partial charge in [0.15, 0.2) is 0 Å². The van der Waals surface area contributed by atoms with Crippen LogP contribution in [0, 0.1) is 5.92 Å². The van der Waals surface area contributed by atoms with Crippen LogP contribution in [-0.4, -0.2) is 23.0 Å². The van der Waals surface area contributed by atoms with Gasteiger partial charge in [0.2, 0.25) is 5.91 Å². The van der Waals surface area contributed by atoms with Gasteiger partial charge in [-0.15, -0.1) is 0 Å². The Morgan fingerprint density at radius 2 is 2.11 bits per heavy atom. The summed E-state index contributed by atoms with van der Waals surface area (Å²) in [5, 5.41) is 11.7. The molecule has 1 unspecified atom stereocenters. The van der Waals surface area contributed by atoms with E-state index in [1.807, 2.05) is 13.8 Å². The molecule has 0 bridgehead atoms. The molecule has 0 saturated heterocycles. The number of nitrogens with one attached hydrogen (secondary N) is 1. The van der Waals surface area contributed by atoms with Gasteiger partial charge in [-0.3, -0.25) is 4.79 Å². The highest BCUT2D eigenvalue weighted by Crippen LogP contribution is 2.23. The minimum absolute atomic E-state index is 0.0291. The summed E-state index contributed by atoms with van der Waals surface area (Å²) >= 11 is 5.91. The zero-order valence-corrected chi connectivity index (χ0v) is 11.6. The molecule has 19 heavy (non-hydrogen) atoms. The number of carboxylic acids is 1. The summed E-state index contributed by atoms with van der Waals surface area (Å²) in [6.45, 7) is 3.81. The highest BCUT2D eigenvalue weighted by Gasteiger charge is 2.20. The second kappa shape index (κ2) is 6.54. The Bertz CT molecular complexity index is 491. The van der Waals surface area contributed by atoms with Crippen molar-refractivity contribution in [3.05, 3.63) is 28.8 Å². The largest absolute Gasteiger partial charge is 0.478 e. The third kappa shape index (κ3) is 3.94. The van der Waals surface area contributed by atoms with Crippen LogP contribution in [-0.2, 0) is 4.79 Å². The van der Waals surface area contributed by atoms with Crippen LogP contribution < -0.4 is 11.1 Å². The predicted molar refractivity (Wildman–Crippen MR) is 74.5 cm³/mol. The summed E-state index contributed by atoms with van der Waals surface area (Å²) in [4.78, 5) is 22.8. The number of amides is 1. The van der Waals surface area contributed by atoms with Crippen LogP contribution in [0.4, 0.5) is 5.69 Å². The van der Waals surface area contributed by atoms with E-state index in [9.17, 15) is 9.59 Å². The third-order valence-electron chi connectivity index (χ3n) is 3.03. The molecule has 0 aromatic heterocycles. The van der Waals surface area contributed by atoms with Crippen molar-refractivity contribution in [2.24, 2.45) is 11.7 Å². The van der Waals surface area contributed by atoms with E-state index in [0.29, 0.717) is 0 Å². The minimum Gasteiger partial charge on any atom is -0.478 e. The molecule has 4 N–H and O–H groups in total. The molecule has 2 atom stereocenters. The van der Waals surface area contributed by atoms with Gasteiger partial charge in [-0.2, -0.15) is 0 Å². The number of hydrogen-bond acceptors (Lipinski definition) is 3. The summed E-state index contributed by atoms with van der Waals surface area (Å²) in [5.74, 6) is -1.43. The number of nitrogens with two attached hydrogens (primary N) is 1. The first-order valence-electron chi connectivity index (χ1n) is 5.96. The van der Waals surface area contributed by atoms with Gasteiger partial charge in [-0.25, -0.2) is 4.79 Å². The molecule has 1 aromatic carbocycles. The number of carbonyl (C=O) groups excluding carboxylic acids is 1. The summed E-state index contributed by atoms with van der Waals surface area (Å²) < 4.78 is 0. The molecular weight excluding hydrogens is 268 g/mol. The van der Waals surface area contributed by atoms with E-state index in [2.05, 4.69) is 5.32 Å². The highest BCUT2D eigenvalue weighted by molar-refractivity contribution is 6.33. The Morgan fingerprint density at radius 1 is 1.47 bits per heavy atom. The number of carboxylic acid groups (broad SMARTS) is 1. The molecule has 6 heteroatoms. The van der Waals surface area contributed by atoms with E-state index in [0.717, 1.165) is 6.42 Å². The number of aromatic carboxylic acids is 1. The molecular formula is C13H17ClN2O3. The van der Waals surface area contributed by atoms with Gasteiger partial charge in [0, 0.05) is 0 Å². The minimum atomic E-state index is -1.08. The van der Waals surface area contributed by atoms with Gasteiger partial charge < -0.3 is 16.2 Å². The van der Waals surface area contributed by atoms with Crippen LogP contribution in [0.5, 0.6) is 0 Å². The fourth-order valence-corrected chi connectivity index (χ4v) is 1.65. The second-order valence-electron chi connectivity index (χ2n) is 4.40. The van der Waals surface area contributed by atoms with Crippen LogP contribution in [0.15, 0.2) is 18.2 Å². The van der Waals surface area contributed by atoms with Gasteiger partial charge in [-0.05, 0) is 24.1 Å². The van der Waals surface area contributed by atoms with Crippen molar-refractivity contribution in [3.8, 4) is 0 Å². The molecule has 0 aliphatic carbocycles. The number of hydrogen-bond donors (Lipinski definition) is 3. The number of anilines is 1. The van der Waals surface area contributed by atoms with Crippen LogP contribution in [0.1, 0.15) is 30.6 Å². The lowest BCUT2D eigenvalue weighted by atomic mass is 9.99. The third-order valence-corrected chi connectivity index (χ3v) is 3.36. The summed E-state index contributed by atoms with van der Waals surface area (Å²) in [5.41, 5.74) is 6.10. The fraction of sp³-hybridized carbons (Fsp3) is 0.385. The second-order valence-corrected chi connectivity index (χ2v) is 4.81. The average Bonchev–Trinajstić information content (AvgIpc) is 2.38. The summed E-state index contributed by atoms with van der Waals surface area (Å²) in [6.07, 6.45) is 0.775. The molecule has 0 radical (unpaired) electrons. The van der Waals surface area contributed by atoms with E-state index in [1.54, 1.807) is 0 Å². The van der Waals surface area contributed by atoms with Crippen LogP contribution >= 0.6 is 11.6 Å². The van der Waals surface area contributed by atoms with Crippen molar-refractivity contribution in [1.82, 2.24) is 0 Å². The number of halogens is 1. The molecule has 0 aliphatic rings. The zero-order valence-electron chi connectivity index (χ0n) is 10.8. The van der Waals surface area contributed by atoms with Gasteiger partial charge in [0.1, 0.15) is 0 Å². The number of benzene rings is 1. The molecule has 0 fully saturated rings. The molecule has 1 amide bonds. The fourth-order valence-electron chi connectivity index (χ4n) is 1.48. The number of rotatable bonds is 5. The maximum absolute atomic E-state index is 11.9. The van der Waals surface area contributed by atoms with Crippen LogP contribution in [0.3, 0.4) is 0 Å². The molecule has 1 aromatic rings. The van der Waals surface area contributed by atoms with Crippen LogP contribution in [0.2, 0.25) is 5.02 Å². The normalized spacial score (nSPS) is 13.7. The Labute approximate surface area is 116 Å². The first-order chi connectivity index (χ1) is 8.86. The first kappa shape index (κ1) is 15.5. The lowest BCUT2D eigenvalue weighted by Gasteiger charge is -2.18. The molecule has 104 valence electrons. The SMILES string of the molecule is CCC(C)[C@H](N)C(=O)Nc1cc(C(=O)O)ccc1Cl. The summed E-state index contributed by atoms with van der Waals surface area (Å²) in [6, 6.07) is 3.45. The Kier molecular flexibility index (Phi) is 5.32. The van der Waals surface area contributed by atoms with Gasteiger partial charge >= 0.3 is 5.97 Å². The van der Waals surface area contributed by atoms with E-state index in [4.69, 9.17) is 22.4 Å². The molecule has 0 spiro atoms. The highest BCUT2D eigenvalue weighted by atomic mass is 35.5. The van der Waals surface area contributed by atoms with E-state index >= 15 is 0 Å². The topological polar surface area (TPSA) is 92.4 Å². The van der Waals surface area contributed by atoms with E-state index < -0.39 is 12.0 Å². The van der Waals surface area contributed by atoms with Crippen LogP contribution in [0.25, 0.3) is 0 Å².